The smallest absolute Gasteiger partial charge is 0.196 e. The molecule has 66 valence electrons. The second-order valence-corrected chi connectivity index (χ2v) is 4.71. The summed E-state index contributed by atoms with van der Waals surface area (Å²) < 4.78 is 0. The molecular weight excluding hydrogens is 172 g/mol. The van der Waals surface area contributed by atoms with Gasteiger partial charge >= 0.3 is 0 Å². The number of nitrogens with zero attached hydrogens (tertiary/aromatic N) is 1. The molecule has 4 heteroatoms. The molecule has 0 aliphatic rings. The lowest BCUT2D eigenvalue weighted by Gasteiger charge is -2.13. The molecule has 0 unspecified atom stereocenters. The van der Waals surface area contributed by atoms with E-state index in [-0.39, 0.29) is 11.2 Å². The molecule has 0 aliphatic heterocycles. The topological polar surface area (TPSA) is 56.0 Å². The second-order valence-electron chi connectivity index (χ2n) is 3.65. The molecule has 0 fully saturated rings. The van der Waals surface area contributed by atoms with Crippen molar-refractivity contribution in [3.63, 3.8) is 0 Å². The average molecular weight is 184 g/mol. The number of hydrogen-bond acceptors (Lipinski definition) is 4. The Labute approximate surface area is 75.6 Å². The Balaban J connectivity index is 2.93. The molecule has 1 heterocycles. The lowest BCUT2D eigenvalue weighted by atomic mass is 9.91. The summed E-state index contributed by atoms with van der Waals surface area (Å²) in [5, 5.41) is 1.09. The Hall–Kier alpha value is -0.900. The van der Waals surface area contributed by atoms with Gasteiger partial charge in [0.1, 0.15) is 5.00 Å². The fourth-order valence-corrected chi connectivity index (χ4v) is 1.55. The van der Waals surface area contributed by atoms with E-state index in [1.807, 2.05) is 20.8 Å². The van der Waals surface area contributed by atoms with Gasteiger partial charge in [0.25, 0.3) is 0 Å². The van der Waals surface area contributed by atoms with Crippen LogP contribution >= 0.6 is 11.3 Å². The van der Waals surface area contributed by atoms with Crippen LogP contribution in [0.25, 0.3) is 0 Å². The SMILES string of the molecule is CC(C)(C)C(=O)c1ncc(N)s1. The molecule has 3 nitrogen and oxygen atoms in total. The van der Waals surface area contributed by atoms with Crippen LogP contribution in [0.1, 0.15) is 30.6 Å². The third kappa shape index (κ3) is 1.82. The first-order valence-corrected chi connectivity index (χ1v) is 4.49. The van der Waals surface area contributed by atoms with Crippen molar-refractivity contribution >= 4 is 22.1 Å². The Bertz CT molecular complexity index is 298. The molecule has 0 atom stereocenters. The average Bonchev–Trinajstić information content (AvgIpc) is 2.32. The van der Waals surface area contributed by atoms with Crippen molar-refractivity contribution < 1.29 is 4.79 Å². The molecule has 0 saturated carbocycles. The number of anilines is 1. The number of rotatable bonds is 1. The van der Waals surface area contributed by atoms with Gasteiger partial charge in [0.05, 0.1) is 6.20 Å². The highest BCUT2D eigenvalue weighted by Gasteiger charge is 2.25. The van der Waals surface area contributed by atoms with E-state index < -0.39 is 0 Å². The highest BCUT2D eigenvalue weighted by atomic mass is 32.1. The standard InChI is InChI=1S/C8H12N2OS/c1-8(2,3)6(11)7-10-4-5(9)12-7/h4H,9H2,1-3H3. The molecule has 12 heavy (non-hydrogen) atoms. The van der Waals surface area contributed by atoms with E-state index >= 15 is 0 Å². The highest BCUT2D eigenvalue weighted by Crippen LogP contribution is 2.24. The Morgan fingerprint density at radius 1 is 1.58 bits per heavy atom. The molecule has 1 aromatic heterocycles. The first-order chi connectivity index (χ1) is 5.41. The zero-order chi connectivity index (χ0) is 9.35. The van der Waals surface area contributed by atoms with Crippen LogP contribution < -0.4 is 5.73 Å². The molecular formula is C8H12N2OS. The van der Waals surface area contributed by atoms with Crippen molar-refractivity contribution in [2.45, 2.75) is 20.8 Å². The quantitative estimate of drug-likeness (QED) is 0.679. The predicted molar refractivity (Wildman–Crippen MR) is 50.3 cm³/mol. The number of thiazole rings is 1. The van der Waals surface area contributed by atoms with Crippen molar-refractivity contribution in [1.82, 2.24) is 4.98 Å². The van der Waals surface area contributed by atoms with Gasteiger partial charge in [-0.15, -0.1) is 0 Å². The molecule has 0 aromatic carbocycles. The molecule has 1 rings (SSSR count). The van der Waals surface area contributed by atoms with Crippen LogP contribution in [-0.4, -0.2) is 10.8 Å². The maximum Gasteiger partial charge on any atom is 0.196 e. The van der Waals surface area contributed by atoms with Crippen molar-refractivity contribution in [2.24, 2.45) is 5.41 Å². The van der Waals surface area contributed by atoms with Crippen LogP contribution in [0.3, 0.4) is 0 Å². The van der Waals surface area contributed by atoms with Crippen LogP contribution in [0, 0.1) is 5.41 Å². The van der Waals surface area contributed by atoms with Crippen LogP contribution in [0.15, 0.2) is 6.20 Å². The van der Waals surface area contributed by atoms with E-state index in [2.05, 4.69) is 4.98 Å². The minimum absolute atomic E-state index is 0.0456. The lowest BCUT2D eigenvalue weighted by Crippen LogP contribution is -2.19. The number of ketones is 1. The van der Waals surface area contributed by atoms with E-state index in [1.165, 1.54) is 17.5 Å². The number of nitrogens with two attached hydrogens (primary N) is 1. The van der Waals surface area contributed by atoms with Gasteiger partial charge in [0.2, 0.25) is 0 Å². The largest absolute Gasteiger partial charge is 0.389 e. The second kappa shape index (κ2) is 2.86. The van der Waals surface area contributed by atoms with E-state index in [4.69, 9.17) is 5.73 Å². The minimum Gasteiger partial charge on any atom is -0.389 e. The zero-order valence-electron chi connectivity index (χ0n) is 7.42. The first kappa shape index (κ1) is 9.19. The number of carbonyl (C=O) groups excluding carboxylic acids is 1. The van der Waals surface area contributed by atoms with E-state index in [0.717, 1.165) is 0 Å². The summed E-state index contributed by atoms with van der Waals surface area (Å²) in [6.07, 6.45) is 1.52. The Kier molecular flexibility index (Phi) is 2.19. The molecule has 1 aromatic rings. The van der Waals surface area contributed by atoms with Crippen LogP contribution in [-0.2, 0) is 0 Å². The van der Waals surface area contributed by atoms with Crippen LogP contribution in [0.4, 0.5) is 5.00 Å². The predicted octanol–water partition coefficient (Wildman–Crippen LogP) is 1.95. The Morgan fingerprint density at radius 3 is 2.50 bits per heavy atom. The number of aromatic nitrogens is 1. The molecule has 0 amide bonds. The van der Waals surface area contributed by atoms with Gasteiger partial charge in [-0.05, 0) is 0 Å². The molecule has 0 spiro atoms. The van der Waals surface area contributed by atoms with Gasteiger partial charge in [0, 0.05) is 5.41 Å². The minimum atomic E-state index is -0.371. The van der Waals surface area contributed by atoms with E-state index in [1.54, 1.807) is 0 Å². The summed E-state index contributed by atoms with van der Waals surface area (Å²) in [6.45, 7) is 5.60. The van der Waals surface area contributed by atoms with E-state index in [9.17, 15) is 4.79 Å². The summed E-state index contributed by atoms with van der Waals surface area (Å²) in [5.41, 5.74) is 5.09. The molecule has 2 N–H and O–H groups in total. The van der Waals surface area contributed by atoms with Crippen LogP contribution in [0.2, 0.25) is 0 Å². The molecule has 0 aliphatic carbocycles. The number of nitrogen functional groups attached to an aromatic ring is 1. The number of hydrogen-bond donors (Lipinski definition) is 1. The van der Waals surface area contributed by atoms with Crippen molar-refractivity contribution in [3.8, 4) is 0 Å². The number of carbonyl (C=O) groups is 1. The maximum absolute atomic E-state index is 11.6. The third-order valence-corrected chi connectivity index (χ3v) is 2.22. The summed E-state index contributed by atoms with van der Waals surface area (Å²) in [7, 11) is 0. The van der Waals surface area contributed by atoms with Gasteiger partial charge in [-0.2, -0.15) is 0 Å². The maximum atomic E-state index is 11.6. The van der Waals surface area contributed by atoms with Crippen molar-refractivity contribution in [3.05, 3.63) is 11.2 Å². The molecule has 0 bridgehead atoms. The summed E-state index contributed by atoms with van der Waals surface area (Å²) >= 11 is 1.24. The van der Waals surface area contributed by atoms with Gasteiger partial charge in [-0.3, -0.25) is 4.79 Å². The lowest BCUT2D eigenvalue weighted by molar-refractivity contribution is 0.0858. The summed E-state index contributed by atoms with van der Waals surface area (Å²) in [5.74, 6) is 0.0456. The Morgan fingerprint density at radius 2 is 2.17 bits per heavy atom. The molecule has 0 radical (unpaired) electrons. The fraction of sp³-hybridized carbons (Fsp3) is 0.500. The van der Waals surface area contributed by atoms with Crippen molar-refractivity contribution in [1.29, 1.82) is 0 Å². The van der Waals surface area contributed by atoms with E-state index in [0.29, 0.717) is 10.0 Å². The molecule has 0 saturated heterocycles. The zero-order valence-corrected chi connectivity index (χ0v) is 8.23. The highest BCUT2D eigenvalue weighted by molar-refractivity contribution is 7.17. The summed E-state index contributed by atoms with van der Waals surface area (Å²) in [6, 6.07) is 0. The van der Waals surface area contributed by atoms with Crippen LogP contribution in [0.5, 0.6) is 0 Å². The van der Waals surface area contributed by atoms with Gasteiger partial charge in [0.15, 0.2) is 10.8 Å². The van der Waals surface area contributed by atoms with Gasteiger partial charge in [-0.1, -0.05) is 32.1 Å². The third-order valence-electron chi connectivity index (χ3n) is 1.40. The normalized spacial score (nSPS) is 11.6. The monoisotopic (exact) mass is 184 g/mol. The van der Waals surface area contributed by atoms with Gasteiger partial charge < -0.3 is 5.73 Å². The fourth-order valence-electron chi connectivity index (χ4n) is 0.712. The number of Topliss-reactive ketones (excluding diaryl/α,β-unsaturated/α-hetero) is 1. The summed E-state index contributed by atoms with van der Waals surface area (Å²) in [4.78, 5) is 15.5. The first-order valence-electron chi connectivity index (χ1n) is 3.67. The van der Waals surface area contributed by atoms with Gasteiger partial charge in [-0.25, -0.2) is 4.98 Å². The van der Waals surface area contributed by atoms with Crippen molar-refractivity contribution in [2.75, 3.05) is 5.73 Å².